The number of amides is 1. The molecule has 0 aliphatic carbocycles. The number of rotatable bonds is 7. The second-order valence-electron chi connectivity index (χ2n) is 5.84. The fourth-order valence-corrected chi connectivity index (χ4v) is 4.57. The number of ether oxygens (including phenoxy) is 1. The van der Waals surface area contributed by atoms with E-state index in [0.29, 0.717) is 31.6 Å². The summed E-state index contributed by atoms with van der Waals surface area (Å²) >= 11 is 6.02. The van der Waals surface area contributed by atoms with E-state index in [1.807, 2.05) is 0 Å². The van der Waals surface area contributed by atoms with Gasteiger partial charge in [0.2, 0.25) is 15.9 Å². The number of methoxy groups -OCH3 is 1. The lowest BCUT2D eigenvalue weighted by atomic mass is 9.97. The largest absolute Gasteiger partial charge is 0.495 e. The van der Waals surface area contributed by atoms with Crippen molar-refractivity contribution in [3.63, 3.8) is 0 Å². The van der Waals surface area contributed by atoms with E-state index >= 15 is 0 Å². The van der Waals surface area contributed by atoms with Gasteiger partial charge in [-0.2, -0.15) is 4.31 Å². The maximum Gasteiger partial charge on any atom is 0.243 e. The van der Waals surface area contributed by atoms with E-state index in [2.05, 4.69) is 5.32 Å². The number of hydrogen-bond acceptors (Lipinski definition) is 5. The molecule has 1 saturated heterocycles. The molecule has 0 saturated carbocycles. The van der Waals surface area contributed by atoms with Gasteiger partial charge in [0.25, 0.3) is 0 Å². The number of aliphatic hydroxyl groups is 1. The Hall–Kier alpha value is -1.35. The second kappa shape index (κ2) is 8.84. The number of halogens is 1. The van der Waals surface area contributed by atoms with E-state index in [0.717, 1.165) is 0 Å². The maximum absolute atomic E-state index is 12.7. The molecule has 0 bridgehead atoms. The smallest absolute Gasteiger partial charge is 0.243 e. The summed E-state index contributed by atoms with van der Waals surface area (Å²) in [5, 5.41) is 11.7. The van der Waals surface area contributed by atoms with Crippen molar-refractivity contribution in [3.05, 3.63) is 23.2 Å². The molecule has 2 rings (SSSR count). The van der Waals surface area contributed by atoms with Gasteiger partial charge in [-0.25, -0.2) is 8.42 Å². The third kappa shape index (κ3) is 4.84. The van der Waals surface area contributed by atoms with Gasteiger partial charge < -0.3 is 15.2 Å². The number of piperidine rings is 1. The lowest BCUT2D eigenvalue weighted by molar-refractivity contribution is -0.126. The first-order valence-corrected chi connectivity index (χ1v) is 9.94. The van der Waals surface area contributed by atoms with Crippen molar-refractivity contribution < 1.29 is 23.1 Å². The Morgan fingerprint density at radius 3 is 2.64 bits per heavy atom. The summed E-state index contributed by atoms with van der Waals surface area (Å²) in [6.45, 7) is 1.02. The van der Waals surface area contributed by atoms with E-state index in [1.165, 1.54) is 29.6 Å². The van der Waals surface area contributed by atoms with Crippen molar-refractivity contribution in [3.8, 4) is 5.75 Å². The van der Waals surface area contributed by atoms with Crippen LogP contribution in [-0.4, -0.2) is 57.1 Å². The summed E-state index contributed by atoms with van der Waals surface area (Å²) in [4.78, 5) is 12.1. The van der Waals surface area contributed by atoms with Crippen LogP contribution >= 0.6 is 11.6 Å². The van der Waals surface area contributed by atoms with Crippen LogP contribution in [-0.2, 0) is 14.8 Å². The SMILES string of the molecule is COc1ccc(S(=O)(=O)N2CCC(C(=O)NCCCO)CC2)cc1Cl. The van der Waals surface area contributed by atoms with Crippen LogP contribution in [0.4, 0.5) is 0 Å². The minimum Gasteiger partial charge on any atom is -0.495 e. The Bertz CT molecular complexity index is 702. The molecule has 1 aliphatic heterocycles. The molecule has 1 aliphatic rings. The molecular weight excluding hydrogens is 368 g/mol. The average molecular weight is 391 g/mol. The van der Waals surface area contributed by atoms with Gasteiger partial charge in [-0.1, -0.05) is 11.6 Å². The van der Waals surface area contributed by atoms with Crippen LogP contribution in [0.15, 0.2) is 23.1 Å². The minimum atomic E-state index is -3.65. The van der Waals surface area contributed by atoms with E-state index in [4.69, 9.17) is 21.4 Å². The van der Waals surface area contributed by atoms with Gasteiger partial charge >= 0.3 is 0 Å². The summed E-state index contributed by atoms with van der Waals surface area (Å²) in [5.74, 6) is 0.126. The van der Waals surface area contributed by atoms with E-state index in [1.54, 1.807) is 0 Å². The fourth-order valence-electron chi connectivity index (χ4n) is 2.75. The van der Waals surface area contributed by atoms with Crippen molar-refractivity contribution in [2.75, 3.05) is 33.4 Å². The average Bonchev–Trinajstić information content (AvgIpc) is 2.61. The second-order valence-corrected chi connectivity index (χ2v) is 8.19. The molecule has 0 unspecified atom stereocenters. The predicted molar refractivity (Wildman–Crippen MR) is 94.2 cm³/mol. The van der Waals surface area contributed by atoms with Gasteiger partial charge in [-0.05, 0) is 37.5 Å². The van der Waals surface area contributed by atoms with E-state index in [9.17, 15) is 13.2 Å². The summed E-state index contributed by atoms with van der Waals surface area (Å²) < 4.78 is 31.9. The molecular formula is C16H23ClN2O5S. The fraction of sp³-hybridized carbons (Fsp3) is 0.562. The minimum absolute atomic E-state index is 0.0292. The quantitative estimate of drug-likeness (QED) is 0.683. The van der Waals surface area contributed by atoms with Crippen molar-refractivity contribution in [1.82, 2.24) is 9.62 Å². The zero-order valence-electron chi connectivity index (χ0n) is 14.1. The highest BCUT2D eigenvalue weighted by atomic mass is 35.5. The van der Waals surface area contributed by atoms with Gasteiger partial charge in [0.05, 0.1) is 17.0 Å². The van der Waals surface area contributed by atoms with Crippen molar-refractivity contribution in [1.29, 1.82) is 0 Å². The Labute approximate surface area is 153 Å². The van der Waals surface area contributed by atoms with Crippen LogP contribution in [0, 0.1) is 5.92 Å². The summed E-state index contributed by atoms with van der Waals surface area (Å²) in [6, 6.07) is 4.37. The monoisotopic (exact) mass is 390 g/mol. The van der Waals surface area contributed by atoms with Gasteiger partial charge in [-0.15, -0.1) is 0 Å². The number of benzene rings is 1. The molecule has 1 aromatic rings. The highest BCUT2D eigenvalue weighted by molar-refractivity contribution is 7.89. The van der Waals surface area contributed by atoms with Gasteiger partial charge in [0, 0.05) is 32.2 Å². The number of carbonyl (C=O) groups excluding carboxylic acids is 1. The van der Waals surface area contributed by atoms with Crippen LogP contribution in [0.2, 0.25) is 5.02 Å². The third-order valence-electron chi connectivity index (χ3n) is 4.22. The molecule has 2 N–H and O–H groups in total. The number of hydrogen-bond donors (Lipinski definition) is 2. The van der Waals surface area contributed by atoms with Crippen LogP contribution in [0.1, 0.15) is 19.3 Å². The molecule has 9 heteroatoms. The highest BCUT2D eigenvalue weighted by Crippen LogP contribution is 2.30. The molecule has 0 radical (unpaired) electrons. The van der Waals surface area contributed by atoms with Crippen molar-refractivity contribution in [2.24, 2.45) is 5.92 Å². The lowest BCUT2D eigenvalue weighted by Gasteiger charge is -2.30. The third-order valence-corrected chi connectivity index (χ3v) is 6.41. The Morgan fingerprint density at radius 1 is 1.40 bits per heavy atom. The molecule has 140 valence electrons. The number of nitrogens with one attached hydrogen (secondary N) is 1. The topological polar surface area (TPSA) is 95.9 Å². The lowest BCUT2D eigenvalue weighted by Crippen LogP contribution is -2.43. The Morgan fingerprint density at radius 2 is 2.08 bits per heavy atom. The zero-order chi connectivity index (χ0) is 18.4. The summed E-state index contributed by atoms with van der Waals surface area (Å²) in [7, 11) is -2.19. The Kier molecular flexibility index (Phi) is 7.06. The number of aliphatic hydroxyl groups excluding tert-OH is 1. The normalized spacial score (nSPS) is 16.6. The molecule has 0 spiro atoms. The summed E-state index contributed by atoms with van der Waals surface area (Å²) in [6.07, 6.45) is 1.44. The molecule has 1 amide bonds. The molecule has 7 nitrogen and oxygen atoms in total. The maximum atomic E-state index is 12.7. The molecule has 0 aromatic heterocycles. The van der Waals surface area contributed by atoms with Gasteiger partial charge in [0.15, 0.2) is 0 Å². The zero-order valence-corrected chi connectivity index (χ0v) is 15.6. The predicted octanol–water partition coefficient (Wildman–Crippen LogP) is 1.25. The van der Waals surface area contributed by atoms with E-state index in [-0.39, 0.29) is 41.4 Å². The van der Waals surface area contributed by atoms with Crippen molar-refractivity contribution in [2.45, 2.75) is 24.2 Å². The van der Waals surface area contributed by atoms with Gasteiger partial charge in [0.1, 0.15) is 5.75 Å². The summed E-state index contributed by atoms with van der Waals surface area (Å²) in [5.41, 5.74) is 0. The first-order chi connectivity index (χ1) is 11.9. The van der Waals surface area contributed by atoms with Crippen molar-refractivity contribution >= 4 is 27.5 Å². The van der Waals surface area contributed by atoms with Crippen LogP contribution in [0.3, 0.4) is 0 Å². The molecule has 0 atom stereocenters. The molecule has 25 heavy (non-hydrogen) atoms. The van der Waals surface area contributed by atoms with E-state index < -0.39 is 10.0 Å². The number of sulfonamides is 1. The van der Waals surface area contributed by atoms with Crippen LogP contribution in [0.25, 0.3) is 0 Å². The number of nitrogens with zero attached hydrogens (tertiary/aromatic N) is 1. The molecule has 1 heterocycles. The first kappa shape index (κ1) is 20.0. The molecule has 1 fully saturated rings. The standard InChI is InChI=1S/C16H23ClN2O5S/c1-24-15-4-3-13(11-14(15)17)25(22,23)19-8-5-12(6-9-19)16(21)18-7-2-10-20/h3-4,11-12,20H,2,5-10H2,1H3,(H,18,21). The van der Waals surface area contributed by atoms with Gasteiger partial charge in [-0.3, -0.25) is 4.79 Å². The van der Waals surface area contributed by atoms with Crippen LogP contribution < -0.4 is 10.1 Å². The van der Waals surface area contributed by atoms with Crippen LogP contribution in [0.5, 0.6) is 5.75 Å². The highest BCUT2D eigenvalue weighted by Gasteiger charge is 2.32. The Balaban J connectivity index is 1.99. The molecule has 1 aromatic carbocycles. The number of carbonyl (C=O) groups is 1. The first-order valence-electron chi connectivity index (χ1n) is 8.12.